The molecule has 12 nitrogen and oxygen atoms in total. The average molecular weight is 687 g/mol. The summed E-state index contributed by atoms with van der Waals surface area (Å²) < 4.78 is 35.7. The molecule has 1 N–H and O–H groups in total. The number of anilines is 1. The van der Waals surface area contributed by atoms with E-state index in [9.17, 15) is 14.0 Å². The molecule has 4 aliphatic heterocycles. The van der Waals surface area contributed by atoms with Crippen molar-refractivity contribution in [1.29, 1.82) is 0 Å². The topological polar surface area (TPSA) is 119 Å². The number of nitrogens with zero attached hydrogens (tertiary/aromatic N) is 5. The summed E-state index contributed by atoms with van der Waals surface area (Å²) in [5.74, 6) is 0.717. The Bertz CT molecular complexity index is 1350. The quantitative estimate of drug-likeness (QED) is 0.432. The minimum Gasteiger partial charge on any atom is -0.462 e. The monoisotopic (exact) mass is 686 g/mol. The van der Waals surface area contributed by atoms with Gasteiger partial charge in [0.1, 0.15) is 23.5 Å². The smallest absolute Gasteiger partial charge is 0.293 e. The molecule has 49 heavy (non-hydrogen) atoms. The van der Waals surface area contributed by atoms with Crippen LogP contribution in [0.25, 0.3) is 0 Å². The first kappa shape index (κ1) is 38.4. The average Bonchev–Trinajstić information content (AvgIpc) is 3.06. The van der Waals surface area contributed by atoms with Crippen LogP contribution in [-0.4, -0.2) is 123 Å². The number of likely N-dealkylation sites (N-methyl/N-ethyl adjacent to an activating group) is 1. The van der Waals surface area contributed by atoms with Gasteiger partial charge in [-0.25, -0.2) is 14.4 Å². The fraction of sp³-hybridized carbons (Fsp3) is 0.667. The Kier molecular flexibility index (Phi) is 13.7. The molecule has 0 saturated carbocycles. The van der Waals surface area contributed by atoms with E-state index in [1.54, 1.807) is 11.1 Å². The van der Waals surface area contributed by atoms with Crippen molar-refractivity contribution in [2.75, 3.05) is 71.5 Å². The third kappa shape index (κ3) is 11.1. The minimum absolute atomic E-state index is 0.0928. The number of carbonyl (C=O) groups excluding carboxylic acids is 2. The highest BCUT2D eigenvalue weighted by molar-refractivity contribution is 5.97. The van der Waals surface area contributed by atoms with Gasteiger partial charge in [-0.05, 0) is 106 Å². The zero-order chi connectivity index (χ0) is 35.6. The molecule has 1 unspecified atom stereocenters. The number of benzene rings is 1. The molecule has 4 aliphatic rings. The summed E-state index contributed by atoms with van der Waals surface area (Å²) >= 11 is 0. The van der Waals surface area contributed by atoms with Crippen molar-refractivity contribution in [3.63, 3.8) is 0 Å². The number of halogens is 1. The van der Waals surface area contributed by atoms with E-state index in [1.165, 1.54) is 50.2 Å². The number of nitrogens with one attached hydrogen (secondary N) is 1. The van der Waals surface area contributed by atoms with E-state index in [0.717, 1.165) is 32.8 Å². The largest absolute Gasteiger partial charge is 0.462 e. The van der Waals surface area contributed by atoms with Crippen LogP contribution in [0.1, 0.15) is 70.7 Å². The van der Waals surface area contributed by atoms with Gasteiger partial charge < -0.3 is 39.0 Å². The zero-order valence-electron chi connectivity index (χ0n) is 30.2. The Balaban J connectivity index is 0.000000279. The lowest BCUT2D eigenvalue weighted by molar-refractivity contribution is -0.138. The molecule has 3 atom stereocenters. The van der Waals surface area contributed by atoms with E-state index in [0.29, 0.717) is 61.1 Å². The van der Waals surface area contributed by atoms with E-state index in [-0.39, 0.29) is 23.1 Å². The van der Waals surface area contributed by atoms with Gasteiger partial charge in [0.05, 0.1) is 43.7 Å². The maximum atomic E-state index is 14.1. The number of hydrogen-bond donors (Lipinski definition) is 1. The van der Waals surface area contributed by atoms with Gasteiger partial charge in [-0.2, -0.15) is 0 Å². The van der Waals surface area contributed by atoms with E-state index in [1.807, 2.05) is 34.7 Å². The lowest BCUT2D eigenvalue weighted by Crippen LogP contribution is -2.60. The molecule has 13 heteroatoms. The SMILES string of the molecule is CC(C)(C)OC=O.CN[C@@H]1CCC(C)OC1.C[C@H]1COCCN1C(=O)c1cc(F)ccc1Oc1cncnc1N1CC2(CCN(C)CC2)C1. The van der Waals surface area contributed by atoms with Crippen LogP contribution in [0.5, 0.6) is 11.5 Å². The second-order valence-electron chi connectivity index (χ2n) is 14.6. The zero-order valence-corrected chi connectivity index (χ0v) is 30.2. The van der Waals surface area contributed by atoms with Crippen LogP contribution in [0.3, 0.4) is 0 Å². The standard InChI is InChI=1S/C24H30FN5O3.C7H15NO.C5H10O2/c1-17-13-32-10-9-30(17)23(31)19-11-18(25)3-4-20(19)33-21-12-26-16-27-22(21)29-14-24(15-29)5-7-28(2)8-6-24;1-6-3-4-7(8-2)5-9-6;1-5(2,3)7-4-6/h3-4,11-12,16-17H,5-10,13-15H2,1-2H3;6-8H,3-5H2,1-2H3;4H,1-3H3/t17-;6?,7-;/m01./s1. The van der Waals surface area contributed by atoms with Gasteiger partial charge in [0, 0.05) is 31.1 Å². The third-order valence-electron chi connectivity index (χ3n) is 9.39. The molecule has 0 aliphatic carbocycles. The highest BCUT2D eigenvalue weighted by Gasteiger charge is 2.45. The van der Waals surface area contributed by atoms with Crippen LogP contribution in [0, 0.1) is 11.2 Å². The molecule has 2 aromatic rings. The lowest BCUT2D eigenvalue weighted by atomic mass is 9.72. The van der Waals surface area contributed by atoms with Crippen molar-refractivity contribution >= 4 is 18.2 Å². The van der Waals surface area contributed by atoms with E-state index < -0.39 is 5.82 Å². The number of likely N-dealkylation sites (tertiary alicyclic amines) is 1. The first-order valence-corrected chi connectivity index (χ1v) is 17.3. The maximum Gasteiger partial charge on any atom is 0.293 e. The molecule has 272 valence electrons. The second kappa shape index (κ2) is 17.5. The number of amides is 1. The van der Waals surface area contributed by atoms with E-state index in [2.05, 4.69) is 43.8 Å². The molecular weight excluding hydrogens is 631 g/mol. The van der Waals surface area contributed by atoms with Crippen LogP contribution in [0.15, 0.2) is 30.7 Å². The highest BCUT2D eigenvalue weighted by Crippen LogP contribution is 2.44. The van der Waals surface area contributed by atoms with Crippen molar-refractivity contribution in [2.45, 2.75) is 84.1 Å². The molecular formula is C36H55FN6O6. The predicted molar refractivity (Wildman–Crippen MR) is 186 cm³/mol. The van der Waals surface area contributed by atoms with Crippen LogP contribution in [0.2, 0.25) is 0 Å². The fourth-order valence-corrected chi connectivity index (χ4v) is 6.26. The molecule has 4 saturated heterocycles. The van der Waals surface area contributed by atoms with Gasteiger partial charge in [-0.3, -0.25) is 9.59 Å². The number of hydrogen-bond acceptors (Lipinski definition) is 11. The predicted octanol–water partition coefficient (Wildman–Crippen LogP) is 4.53. The minimum atomic E-state index is -0.483. The molecule has 6 rings (SSSR count). The summed E-state index contributed by atoms with van der Waals surface area (Å²) in [4.78, 5) is 37.8. The molecule has 4 fully saturated rings. The van der Waals surface area contributed by atoms with E-state index in [4.69, 9.17) is 14.2 Å². The maximum absolute atomic E-state index is 14.1. The summed E-state index contributed by atoms with van der Waals surface area (Å²) in [6.45, 7) is 16.3. The first-order valence-electron chi connectivity index (χ1n) is 17.3. The number of piperidine rings is 1. The second-order valence-corrected chi connectivity index (χ2v) is 14.6. The molecule has 1 amide bonds. The summed E-state index contributed by atoms with van der Waals surface area (Å²) in [6, 6.07) is 4.54. The Morgan fingerprint density at radius 2 is 1.84 bits per heavy atom. The van der Waals surface area contributed by atoms with E-state index >= 15 is 0 Å². The van der Waals surface area contributed by atoms with Gasteiger partial charge in [0.15, 0.2) is 11.6 Å². The normalized spacial score (nSPS) is 23.6. The van der Waals surface area contributed by atoms with Crippen LogP contribution in [0.4, 0.5) is 10.2 Å². The fourth-order valence-electron chi connectivity index (χ4n) is 6.26. The molecule has 0 bridgehead atoms. The molecule has 1 spiro atoms. The van der Waals surface area contributed by atoms with Gasteiger partial charge in [0.25, 0.3) is 12.4 Å². The first-order chi connectivity index (χ1) is 23.3. The van der Waals surface area contributed by atoms with Crippen molar-refractivity contribution in [1.82, 2.24) is 25.1 Å². The number of carbonyl (C=O) groups is 2. The van der Waals surface area contributed by atoms with Gasteiger partial charge in [-0.15, -0.1) is 0 Å². The van der Waals surface area contributed by atoms with Gasteiger partial charge in [-0.1, -0.05) is 0 Å². The summed E-state index contributed by atoms with van der Waals surface area (Å²) in [7, 11) is 4.16. The van der Waals surface area contributed by atoms with Crippen LogP contribution >= 0.6 is 0 Å². The summed E-state index contributed by atoms with van der Waals surface area (Å²) in [6.07, 6.45) is 8.41. The Labute approximate surface area is 290 Å². The van der Waals surface area contributed by atoms with Crippen molar-refractivity contribution < 1.29 is 32.9 Å². The van der Waals surface area contributed by atoms with Crippen LogP contribution < -0.4 is 15.0 Å². The molecule has 1 aromatic heterocycles. The number of aromatic nitrogens is 2. The Hall–Kier alpha value is -3.39. The lowest BCUT2D eigenvalue weighted by Gasteiger charge is -2.54. The van der Waals surface area contributed by atoms with Crippen molar-refractivity contribution in [3.8, 4) is 11.5 Å². The highest BCUT2D eigenvalue weighted by atomic mass is 19.1. The number of morpholine rings is 1. The number of rotatable bonds is 6. The summed E-state index contributed by atoms with van der Waals surface area (Å²) in [5, 5.41) is 3.20. The third-order valence-corrected chi connectivity index (χ3v) is 9.39. The van der Waals surface area contributed by atoms with Crippen molar-refractivity contribution in [3.05, 3.63) is 42.1 Å². The Morgan fingerprint density at radius 3 is 2.43 bits per heavy atom. The van der Waals surface area contributed by atoms with Gasteiger partial charge in [0.2, 0.25) is 0 Å². The van der Waals surface area contributed by atoms with Gasteiger partial charge >= 0.3 is 0 Å². The molecule has 5 heterocycles. The van der Waals surface area contributed by atoms with Crippen molar-refractivity contribution in [2.24, 2.45) is 5.41 Å². The number of ether oxygens (including phenoxy) is 4. The molecule has 1 aromatic carbocycles. The summed E-state index contributed by atoms with van der Waals surface area (Å²) in [5.41, 5.74) is 0.203. The van der Waals surface area contributed by atoms with Crippen LogP contribution in [-0.2, 0) is 19.0 Å². The Morgan fingerprint density at radius 1 is 1.10 bits per heavy atom. The molecule has 0 radical (unpaired) electrons.